The van der Waals surface area contributed by atoms with Crippen LogP contribution in [0.3, 0.4) is 0 Å². The molecule has 0 aromatic heterocycles. The molecular formula is C10H19NO2. The number of likely N-dealkylation sites (tertiary alicyclic amines) is 1. The first-order chi connectivity index (χ1) is 6.38. The van der Waals surface area contributed by atoms with Crippen molar-refractivity contribution in [2.24, 2.45) is 0 Å². The molecule has 0 saturated carbocycles. The Kier molecular flexibility index (Phi) is 3.19. The van der Waals surface area contributed by atoms with Gasteiger partial charge in [-0.05, 0) is 25.9 Å². The standard InChI is InChI=1S/C10H19NO2/c1-2-11-5-3-4-9(6-11)12-7-10-8-13-10/h9-10H,2-8H2,1H3/t9-,10-/m1/s1. The maximum Gasteiger partial charge on any atom is 0.104 e. The SMILES string of the molecule is CCN1CCC[C@@H](OC[C@@H]2CO2)C1. The highest BCUT2D eigenvalue weighted by atomic mass is 16.6. The van der Waals surface area contributed by atoms with Gasteiger partial charge >= 0.3 is 0 Å². The van der Waals surface area contributed by atoms with Crippen molar-refractivity contribution in [1.29, 1.82) is 0 Å². The van der Waals surface area contributed by atoms with Crippen molar-refractivity contribution < 1.29 is 9.47 Å². The lowest BCUT2D eigenvalue weighted by Crippen LogP contribution is -2.39. The summed E-state index contributed by atoms with van der Waals surface area (Å²) >= 11 is 0. The van der Waals surface area contributed by atoms with Gasteiger partial charge in [-0.1, -0.05) is 6.92 Å². The summed E-state index contributed by atoms with van der Waals surface area (Å²) in [6.07, 6.45) is 3.38. The molecule has 76 valence electrons. The fourth-order valence-electron chi connectivity index (χ4n) is 1.84. The molecule has 0 unspecified atom stereocenters. The summed E-state index contributed by atoms with van der Waals surface area (Å²) in [4.78, 5) is 2.46. The van der Waals surface area contributed by atoms with Crippen molar-refractivity contribution in [3.63, 3.8) is 0 Å². The van der Waals surface area contributed by atoms with E-state index >= 15 is 0 Å². The van der Waals surface area contributed by atoms with Gasteiger partial charge in [0.15, 0.2) is 0 Å². The minimum atomic E-state index is 0.414. The van der Waals surface area contributed by atoms with Gasteiger partial charge in [0.05, 0.1) is 19.3 Å². The summed E-state index contributed by atoms with van der Waals surface area (Å²) in [7, 11) is 0. The first-order valence-electron chi connectivity index (χ1n) is 5.34. The van der Waals surface area contributed by atoms with E-state index in [1.165, 1.54) is 19.4 Å². The third-order valence-corrected chi connectivity index (χ3v) is 2.83. The Labute approximate surface area is 80.0 Å². The number of ether oxygens (including phenoxy) is 2. The maximum atomic E-state index is 5.77. The molecule has 0 bridgehead atoms. The molecule has 3 heteroatoms. The number of hydrogen-bond donors (Lipinski definition) is 0. The summed E-state index contributed by atoms with van der Waals surface area (Å²) in [5.74, 6) is 0. The Morgan fingerprint density at radius 3 is 3.08 bits per heavy atom. The number of rotatable bonds is 4. The summed E-state index contributed by atoms with van der Waals surface area (Å²) < 4.78 is 10.9. The van der Waals surface area contributed by atoms with Crippen LogP contribution in [0, 0.1) is 0 Å². The predicted octanol–water partition coefficient (Wildman–Crippen LogP) is 0.886. The third kappa shape index (κ3) is 2.93. The van der Waals surface area contributed by atoms with Crippen molar-refractivity contribution in [1.82, 2.24) is 4.90 Å². The van der Waals surface area contributed by atoms with Crippen LogP contribution >= 0.6 is 0 Å². The van der Waals surface area contributed by atoms with Crippen LogP contribution in [0.5, 0.6) is 0 Å². The molecule has 2 atom stereocenters. The van der Waals surface area contributed by atoms with Gasteiger partial charge in [0, 0.05) is 6.54 Å². The van der Waals surface area contributed by atoms with Gasteiger partial charge in [0.1, 0.15) is 6.10 Å². The summed E-state index contributed by atoms with van der Waals surface area (Å²) in [6, 6.07) is 0. The van der Waals surface area contributed by atoms with Crippen LogP contribution in [0.2, 0.25) is 0 Å². The highest BCUT2D eigenvalue weighted by Crippen LogP contribution is 2.16. The topological polar surface area (TPSA) is 25.0 Å². The smallest absolute Gasteiger partial charge is 0.104 e. The van der Waals surface area contributed by atoms with E-state index in [2.05, 4.69) is 11.8 Å². The van der Waals surface area contributed by atoms with Gasteiger partial charge in [0.25, 0.3) is 0 Å². The Morgan fingerprint density at radius 2 is 2.38 bits per heavy atom. The van der Waals surface area contributed by atoms with Crippen LogP contribution < -0.4 is 0 Å². The van der Waals surface area contributed by atoms with E-state index in [9.17, 15) is 0 Å². The van der Waals surface area contributed by atoms with Gasteiger partial charge in [0.2, 0.25) is 0 Å². The Morgan fingerprint density at radius 1 is 1.54 bits per heavy atom. The zero-order chi connectivity index (χ0) is 9.10. The lowest BCUT2D eigenvalue weighted by Gasteiger charge is -2.31. The minimum Gasteiger partial charge on any atom is -0.374 e. The Hall–Kier alpha value is -0.120. The quantitative estimate of drug-likeness (QED) is 0.608. The molecule has 2 aliphatic rings. The van der Waals surface area contributed by atoms with E-state index in [1.54, 1.807) is 0 Å². The first kappa shape index (κ1) is 9.44. The molecule has 0 N–H and O–H groups in total. The summed E-state index contributed by atoms with van der Waals surface area (Å²) in [5.41, 5.74) is 0. The van der Waals surface area contributed by atoms with Crippen LogP contribution in [0.1, 0.15) is 19.8 Å². The molecule has 0 radical (unpaired) electrons. The van der Waals surface area contributed by atoms with E-state index in [4.69, 9.17) is 9.47 Å². The van der Waals surface area contributed by atoms with Crippen LogP contribution in [0.4, 0.5) is 0 Å². The van der Waals surface area contributed by atoms with Crippen molar-refractivity contribution in [3.05, 3.63) is 0 Å². The number of epoxide rings is 1. The van der Waals surface area contributed by atoms with Gasteiger partial charge in [-0.2, -0.15) is 0 Å². The van der Waals surface area contributed by atoms with Crippen molar-refractivity contribution in [3.8, 4) is 0 Å². The molecule has 2 heterocycles. The molecule has 0 amide bonds. The summed E-state index contributed by atoms with van der Waals surface area (Å²) in [6.45, 7) is 7.44. The van der Waals surface area contributed by atoms with Crippen molar-refractivity contribution >= 4 is 0 Å². The van der Waals surface area contributed by atoms with Crippen molar-refractivity contribution in [2.45, 2.75) is 32.0 Å². The van der Waals surface area contributed by atoms with Gasteiger partial charge in [-0.25, -0.2) is 0 Å². The first-order valence-corrected chi connectivity index (χ1v) is 5.34. The van der Waals surface area contributed by atoms with E-state index < -0.39 is 0 Å². The normalized spacial score (nSPS) is 34.8. The molecule has 0 aromatic carbocycles. The van der Waals surface area contributed by atoms with E-state index in [0.29, 0.717) is 12.2 Å². The third-order valence-electron chi connectivity index (χ3n) is 2.83. The number of nitrogens with zero attached hydrogens (tertiary/aromatic N) is 1. The number of hydrogen-bond acceptors (Lipinski definition) is 3. The van der Waals surface area contributed by atoms with E-state index in [0.717, 1.165) is 26.3 Å². The zero-order valence-corrected chi connectivity index (χ0v) is 8.37. The van der Waals surface area contributed by atoms with Gasteiger partial charge in [-0.3, -0.25) is 0 Å². The van der Waals surface area contributed by atoms with E-state index in [-0.39, 0.29) is 0 Å². The monoisotopic (exact) mass is 185 g/mol. The molecule has 2 saturated heterocycles. The second kappa shape index (κ2) is 4.40. The lowest BCUT2D eigenvalue weighted by atomic mass is 10.1. The van der Waals surface area contributed by atoms with E-state index in [1.807, 2.05) is 0 Å². The molecule has 3 nitrogen and oxygen atoms in total. The van der Waals surface area contributed by atoms with Crippen molar-refractivity contribution in [2.75, 3.05) is 32.8 Å². The molecule has 2 fully saturated rings. The van der Waals surface area contributed by atoms with Crippen LogP contribution in [0.25, 0.3) is 0 Å². The largest absolute Gasteiger partial charge is 0.374 e. The highest BCUT2D eigenvalue weighted by Gasteiger charge is 2.26. The lowest BCUT2D eigenvalue weighted by molar-refractivity contribution is -0.00514. The fraction of sp³-hybridized carbons (Fsp3) is 1.00. The summed E-state index contributed by atoms with van der Waals surface area (Å²) in [5, 5.41) is 0. The average Bonchev–Trinajstić information content (AvgIpc) is 2.99. The predicted molar refractivity (Wildman–Crippen MR) is 50.8 cm³/mol. The number of likely N-dealkylation sites (N-methyl/N-ethyl adjacent to an activating group) is 1. The molecule has 0 spiro atoms. The Balaban J connectivity index is 1.65. The molecule has 2 aliphatic heterocycles. The second-order valence-electron chi connectivity index (χ2n) is 3.95. The zero-order valence-electron chi connectivity index (χ0n) is 8.37. The maximum absolute atomic E-state index is 5.77. The van der Waals surface area contributed by atoms with Crippen LogP contribution in [-0.4, -0.2) is 50.0 Å². The minimum absolute atomic E-state index is 0.414. The van der Waals surface area contributed by atoms with Crippen LogP contribution in [-0.2, 0) is 9.47 Å². The molecule has 0 aliphatic carbocycles. The van der Waals surface area contributed by atoms with Crippen LogP contribution in [0.15, 0.2) is 0 Å². The van der Waals surface area contributed by atoms with Gasteiger partial charge in [-0.15, -0.1) is 0 Å². The average molecular weight is 185 g/mol. The molecular weight excluding hydrogens is 166 g/mol. The van der Waals surface area contributed by atoms with Gasteiger partial charge < -0.3 is 14.4 Å². The molecule has 13 heavy (non-hydrogen) atoms. The second-order valence-corrected chi connectivity index (χ2v) is 3.95. The number of piperidine rings is 1. The highest BCUT2D eigenvalue weighted by molar-refractivity contribution is 4.74. The molecule has 2 rings (SSSR count). The molecule has 0 aromatic rings. The fourth-order valence-corrected chi connectivity index (χ4v) is 1.84. The Bertz CT molecular complexity index is 159.